The second-order valence-corrected chi connectivity index (χ2v) is 10.3. The maximum absolute atomic E-state index is 13.0. The summed E-state index contributed by atoms with van der Waals surface area (Å²) in [5.74, 6) is -1.67. The number of carbonyl (C=O) groups is 3. The Kier molecular flexibility index (Phi) is 9.83. The Hall–Kier alpha value is -3.32. The normalized spacial score (nSPS) is 16.4. The van der Waals surface area contributed by atoms with Crippen LogP contribution in [0, 0.1) is 0 Å². The molecule has 0 bridgehead atoms. The number of aromatic amines is 1. The number of fused-ring (bicyclic) bond motifs is 3. The molecule has 4 aromatic rings. The Bertz CT molecular complexity index is 1400. The van der Waals surface area contributed by atoms with Crippen LogP contribution in [0.3, 0.4) is 0 Å². The summed E-state index contributed by atoms with van der Waals surface area (Å²) in [6, 6.07) is 21.4. The van der Waals surface area contributed by atoms with Crippen LogP contribution in [0.2, 0.25) is 0 Å². The van der Waals surface area contributed by atoms with Crippen LogP contribution in [-0.4, -0.2) is 52.4 Å². The number of nitrogens with zero attached hydrogens (tertiary/aromatic N) is 1. The molecular weight excluding hydrogens is 560 g/mol. The number of ether oxygens (including phenoxy) is 2. The molecule has 1 N–H and O–H groups in total. The van der Waals surface area contributed by atoms with Crippen LogP contribution in [0.15, 0.2) is 72.8 Å². The molecule has 7 nitrogen and oxygen atoms in total. The Labute approximate surface area is 243 Å². The van der Waals surface area contributed by atoms with Crippen molar-refractivity contribution in [2.75, 3.05) is 13.0 Å². The first-order valence-corrected chi connectivity index (χ1v) is 12.9. The second-order valence-electron chi connectivity index (χ2n) is 10.0. The van der Waals surface area contributed by atoms with Crippen LogP contribution in [-0.2, 0) is 42.6 Å². The summed E-state index contributed by atoms with van der Waals surface area (Å²) in [4.78, 5) is 43.3. The van der Waals surface area contributed by atoms with Gasteiger partial charge in [-0.15, -0.1) is 17.2 Å². The minimum absolute atomic E-state index is 0. The number of para-hydroxylation sites is 1. The molecule has 5 rings (SSSR count). The molecule has 0 unspecified atom stereocenters. The maximum Gasteiger partial charge on any atom is 2.00 e. The van der Waals surface area contributed by atoms with E-state index in [4.69, 9.17) is 21.1 Å². The molecule has 0 spiro atoms. The minimum Gasteiger partial charge on any atom is -0.467 e. The van der Waals surface area contributed by atoms with Crippen molar-refractivity contribution in [3.63, 3.8) is 0 Å². The second kappa shape index (κ2) is 12.7. The van der Waals surface area contributed by atoms with Gasteiger partial charge in [-0.2, -0.15) is 36.4 Å². The fraction of sp³-hybridized carbons (Fsp3) is 0.300. The van der Waals surface area contributed by atoms with Gasteiger partial charge in [0.05, 0.1) is 13.2 Å². The van der Waals surface area contributed by atoms with E-state index in [9.17, 15) is 14.4 Å². The van der Waals surface area contributed by atoms with E-state index in [1.165, 1.54) is 12.0 Å². The van der Waals surface area contributed by atoms with E-state index in [0.717, 1.165) is 22.2 Å². The van der Waals surface area contributed by atoms with Crippen molar-refractivity contribution in [2.24, 2.45) is 0 Å². The number of benzene rings is 1. The molecule has 1 aliphatic rings. The molecule has 2 atom stereocenters. The predicted octanol–water partition coefficient (Wildman–Crippen LogP) is 5.50. The van der Waals surface area contributed by atoms with Crippen molar-refractivity contribution in [3.05, 3.63) is 95.2 Å². The molecule has 0 fully saturated rings. The van der Waals surface area contributed by atoms with Crippen molar-refractivity contribution >= 4 is 40.3 Å². The number of alkyl halides is 1. The van der Waals surface area contributed by atoms with Gasteiger partial charge in [0.1, 0.15) is 17.5 Å². The fourth-order valence-corrected chi connectivity index (χ4v) is 4.89. The number of H-pyrrole nitrogens is 1. The largest absolute Gasteiger partial charge is 2.00 e. The molecule has 3 aromatic carbocycles. The molecule has 39 heavy (non-hydrogen) atoms. The van der Waals surface area contributed by atoms with Gasteiger partial charge in [-0.05, 0) is 32.4 Å². The molecule has 1 aliphatic heterocycles. The van der Waals surface area contributed by atoms with E-state index in [0.29, 0.717) is 17.5 Å². The SMILES string of the molecule is COC(=O)[C@H]1Cc2c([nH]c3ccccc23)[C@H]([c-]2ccc(C(=O)OC(C)(C)C)c2)N1C(=O)CCl.[Fe+2].c1cc[cH-]c1. The van der Waals surface area contributed by atoms with Crippen molar-refractivity contribution in [2.45, 2.75) is 44.9 Å². The van der Waals surface area contributed by atoms with E-state index in [-0.39, 0.29) is 22.9 Å². The number of aromatic nitrogens is 1. The molecule has 0 saturated carbocycles. The third kappa shape index (κ3) is 6.64. The van der Waals surface area contributed by atoms with E-state index in [2.05, 4.69) is 4.98 Å². The molecule has 9 heteroatoms. The summed E-state index contributed by atoms with van der Waals surface area (Å²) in [7, 11) is 1.30. The molecule has 206 valence electrons. The number of hydrogen-bond donors (Lipinski definition) is 1. The topological polar surface area (TPSA) is 88.7 Å². The number of esters is 2. The summed E-state index contributed by atoms with van der Waals surface area (Å²) in [6.07, 6.45) is 0.296. The Morgan fingerprint density at radius 3 is 2.41 bits per heavy atom. The minimum atomic E-state index is -0.849. The van der Waals surface area contributed by atoms with Crippen LogP contribution in [0.4, 0.5) is 0 Å². The quantitative estimate of drug-likeness (QED) is 0.147. The third-order valence-corrected chi connectivity index (χ3v) is 6.52. The zero-order chi connectivity index (χ0) is 27.4. The number of halogens is 1. The number of methoxy groups -OCH3 is 1. The van der Waals surface area contributed by atoms with Gasteiger partial charge in [-0.1, -0.05) is 23.8 Å². The van der Waals surface area contributed by atoms with Gasteiger partial charge in [-0.25, -0.2) is 16.9 Å². The average molecular weight is 591 g/mol. The Morgan fingerprint density at radius 2 is 1.82 bits per heavy atom. The van der Waals surface area contributed by atoms with Crippen molar-refractivity contribution in [3.8, 4) is 0 Å². The number of carbonyl (C=O) groups excluding carboxylic acids is 3. The van der Waals surface area contributed by atoms with Gasteiger partial charge < -0.3 is 19.4 Å². The molecule has 1 aromatic heterocycles. The molecule has 0 saturated heterocycles. The van der Waals surface area contributed by atoms with Crippen LogP contribution < -0.4 is 0 Å². The first-order chi connectivity index (χ1) is 18.1. The smallest absolute Gasteiger partial charge is 0.467 e. The van der Waals surface area contributed by atoms with Crippen LogP contribution in [0.5, 0.6) is 0 Å². The first-order valence-electron chi connectivity index (χ1n) is 12.4. The monoisotopic (exact) mass is 590 g/mol. The van der Waals surface area contributed by atoms with Gasteiger partial charge in [0.2, 0.25) is 5.91 Å². The Morgan fingerprint density at radius 1 is 1.13 bits per heavy atom. The van der Waals surface area contributed by atoms with Gasteiger partial charge in [0.25, 0.3) is 5.97 Å². The Balaban J connectivity index is 0.000000630. The van der Waals surface area contributed by atoms with E-state index < -0.39 is 35.5 Å². The van der Waals surface area contributed by atoms with E-state index >= 15 is 0 Å². The summed E-state index contributed by atoms with van der Waals surface area (Å²) < 4.78 is 10.5. The standard InChI is InChI=1S/C25H26ClN2O5.C5H5.Fe/c1-25(2,3)33-23(30)15-10-9-14(11-15)22-21-17(16-7-5-6-8-18(16)27-21)12-19(24(31)32-4)28(22)20(29)13-26;1-2-4-5-3-1;/h5-11,19,22,27H,12-13H2,1-4H3;1-5H;/q2*-1;+2/t19-,22+;;/m1../s1. The first kappa shape index (κ1) is 30.2. The molecule has 0 aliphatic carbocycles. The summed E-state index contributed by atoms with van der Waals surface area (Å²) >= 11 is 5.96. The van der Waals surface area contributed by atoms with Gasteiger partial charge in [0.15, 0.2) is 0 Å². The maximum atomic E-state index is 13.0. The van der Waals surface area contributed by atoms with Crippen molar-refractivity contribution in [1.29, 1.82) is 0 Å². The summed E-state index contributed by atoms with van der Waals surface area (Å²) in [5.41, 5.74) is 3.03. The fourth-order valence-electron chi connectivity index (χ4n) is 4.75. The van der Waals surface area contributed by atoms with E-state index in [1.54, 1.807) is 39.0 Å². The summed E-state index contributed by atoms with van der Waals surface area (Å²) in [5, 5.41) is 0.975. The molecule has 0 radical (unpaired) electrons. The van der Waals surface area contributed by atoms with Gasteiger partial charge >= 0.3 is 23.0 Å². The number of rotatable bonds is 4. The number of amides is 1. The van der Waals surface area contributed by atoms with Crippen LogP contribution >= 0.6 is 11.6 Å². The van der Waals surface area contributed by atoms with Crippen LogP contribution in [0.25, 0.3) is 10.9 Å². The van der Waals surface area contributed by atoms with Gasteiger partial charge in [0, 0.05) is 23.0 Å². The van der Waals surface area contributed by atoms with Crippen molar-refractivity contribution in [1.82, 2.24) is 9.88 Å². The van der Waals surface area contributed by atoms with Crippen LogP contribution in [0.1, 0.15) is 54.0 Å². The zero-order valence-corrected chi connectivity index (χ0v) is 24.1. The average Bonchev–Trinajstić information content (AvgIpc) is 3.67. The third-order valence-electron chi connectivity index (χ3n) is 6.29. The van der Waals surface area contributed by atoms with Crippen molar-refractivity contribution < 1.29 is 40.9 Å². The summed E-state index contributed by atoms with van der Waals surface area (Å²) in [6.45, 7) is 5.40. The number of hydrogen-bond acceptors (Lipinski definition) is 5. The van der Waals surface area contributed by atoms with E-state index in [1.807, 2.05) is 54.6 Å². The molecule has 2 heterocycles. The number of nitrogens with one attached hydrogen (secondary N) is 1. The molecule has 1 amide bonds. The zero-order valence-electron chi connectivity index (χ0n) is 22.2. The predicted molar refractivity (Wildman–Crippen MR) is 146 cm³/mol. The molecular formula is C30H31ClFeN2O5. The van der Waals surface area contributed by atoms with Gasteiger partial charge in [-0.3, -0.25) is 9.59 Å².